The molecule has 0 unspecified atom stereocenters. The molecule has 3 aromatic rings. The van der Waals surface area contributed by atoms with Crippen molar-refractivity contribution in [2.45, 2.75) is 25.6 Å². The number of anilines is 1. The second-order valence-corrected chi connectivity index (χ2v) is 7.23. The Bertz CT molecular complexity index is 973. The van der Waals surface area contributed by atoms with Gasteiger partial charge in [0.2, 0.25) is 0 Å². The van der Waals surface area contributed by atoms with E-state index in [4.69, 9.17) is 14.2 Å². The molecular weight excluding hydrogens is 406 g/mol. The van der Waals surface area contributed by atoms with Crippen molar-refractivity contribution in [2.75, 3.05) is 25.7 Å². The lowest BCUT2D eigenvalue weighted by Crippen LogP contribution is -2.41. The van der Waals surface area contributed by atoms with E-state index in [2.05, 4.69) is 0 Å². The van der Waals surface area contributed by atoms with Crippen molar-refractivity contribution in [1.29, 1.82) is 0 Å². The summed E-state index contributed by atoms with van der Waals surface area (Å²) in [6.45, 7) is 2.37. The summed E-state index contributed by atoms with van der Waals surface area (Å²) in [6.07, 6.45) is -1.38. The molecule has 0 spiro atoms. The fourth-order valence-electron chi connectivity index (χ4n) is 3.59. The van der Waals surface area contributed by atoms with Crippen molar-refractivity contribution in [2.24, 2.45) is 0 Å². The molecule has 0 aliphatic heterocycles. The first-order chi connectivity index (χ1) is 15.6. The van der Waals surface area contributed by atoms with Gasteiger partial charge in [0.1, 0.15) is 11.5 Å². The van der Waals surface area contributed by atoms with Crippen molar-refractivity contribution in [3.8, 4) is 11.5 Å². The van der Waals surface area contributed by atoms with Crippen LogP contribution in [0.1, 0.15) is 24.1 Å². The van der Waals surface area contributed by atoms with Gasteiger partial charge in [-0.15, -0.1) is 0 Å². The molecule has 0 amide bonds. The number of esters is 1. The average Bonchev–Trinajstić information content (AvgIpc) is 2.85. The summed E-state index contributed by atoms with van der Waals surface area (Å²) in [5.41, 5.74) is 2.63. The number of carbonyl (C=O) groups is 1. The lowest BCUT2D eigenvalue weighted by Gasteiger charge is -2.36. The zero-order valence-corrected chi connectivity index (χ0v) is 18.6. The van der Waals surface area contributed by atoms with Crippen LogP contribution >= 0.6 is 0 Å². The van der Waals surface area contributed by atoms with Crippen molar-refractivity contribution < 1.29 is 24.1 Å². The Morgan fingerprint density at radius 2 is 1.44 bits per heavy atom. The maximum Gasteiger partial charge on any atom is 0.337 e. The standard InChI is InChI=1S/C26H29NO5/c1-4-32-26(29)25(28)24(20-8-6-5-7-9-20)27(21-12-16-23(31-3)17-13-21)18-19-10-14-22(30-2)15-11-19/h5-17,24-25,28H,4,18H2,1-3H3/t24-,25+/m1/s1. The molecule has 0 heterocycles. The largest absolute Gasteiger partial charge is 0.497 e. The van der Waals surface area contributed by atoms with Crippen molar-refractivity contribution in [3.63, 3.8) is 0 Å². The van der Waals surface area contributed by atoms with E-state index in [0.29, 0.717) is 6.54 Å². The number of ether oxygens (including phenoxy) is 3. The van der Waals surface area contributed by atoms with Gasteiger partial charge in [0.05, 0.1) is 26.9 Å². The predicted molar refractivity (Wildman–Crippen MR) is 124 cm³/mol. The number of aliphatic hydroxyl groups excluding tert-OH is 1. The van der Waals surface area contributed by atoms with Crippen LogP contribution in [0.3, 0.4) is 0 Å². The minimum atomic E-state index is -1.38. The van der Waals surface area contributed by atoms with Crippen molar-refractivity contribution in [3.05, 3.63) is 90.0 Å². The number of nitrogens with zero attached hydrogens (tertiary/aromatic N) is 1. The topological polar surface area (TPSA) is 68.2 Å². The van der Waals surface area contributed by atoms with Crippen LogP contribution in [-0.4, -0.2) is 38.0 Å². The third-order valence-corrected chi connectivity index (χ3v) is 5.22. The zero-order chi connectivity index (χ0) is 22.9. The highest BCUT2D eigenvalue weighted by molar-refractivity contribution is 5.76. The fraction of sp³-hybridized carbons (Fsp3) is 0.269. The molecule has 0 bridgehead atoms. The SMILES string of the molecule is CCOC(=O)[C@@H](O)[C@@H](c1ccccc1)N(Cc1ccc(OC)cc1)c1ccc(OC)cc1. The predicted octanol–water partition coefficient (Wildman–Crippen LogP) is 4.38. The monoisotopic (exact) mass is 435 g/mol. The van der Waals surface area contributed by atoms with Gasteiger partial charge in [-0.2, -0.15) is 0 Å². The highest BCUT2D eigenvalue weighted by atomic mass is 16.5. The molecule has 0 fully saturated rings. The molecule has 32 heavy (non-hydrogen) atoms. The Balaban J connectivity index is 2.07. The van der Waals surface area contributed by atoms with Gasteiger partial charge >= 0.3 is 5.97 Å². The van der Waals surface area contributed by atoms with E-state index in [9.17, 15) is 9.90 Å². The second-order valence-electron chi connectivity index (χ2n) is 7.23. The van der Waals surface area contributed by atoms with Crippen LogP contribution in [0.4, 0.5) is 5.69 Å². The Hall–Kier alpha value is -3.51. The summed E-state index contributed by atoms with van der Waals surface area (Å²) in [7, 11) is 3.24. The maximum absolute atomic E-state index is 12.6. The van der Waals surface area contributed by atoms with Crippen LogP contribution in [-0.2, 0) is 16.1 Å². The van der Waals surface area contributed by atoms with Crippen LogP contribution in [0.25, 0.3) is 0 Å². The smallest absolute Gasteiger partial charge is 0.337 e. The molecule has 2 atom stereocenters. The first-order valence-corrected chi connectivity index (χ1v) is 10.5. The van der Waals surface area contributed by atoms with Gasteiger partial charge < -0.3 is 24.2 Å². The first-order valence-electron chi connectivity index (χ1n) is 10.5. The molecule has 0 saturated carbocycles. The normalized spacial score (nSPS) is 12.5. The Labute approximate surface area is 189 Å². The van der Waals surface area contributed by atoms with Crippen LogP contribution in [0, 0.1) is 0 Å². The maximum atomic E-state index is 12.6. The molecule has 3 rings (SSSR count). The van der Waals surface area contributed by atoms with E-state index < -0.39 is 18.1 Å². The van der Waals surface area contributed by atoms with Crippen LogP contribution < -0.4 is 14.4 Å². The van der Waals surface area contributed by atoms with E-state index >= 15 is 0 Å². The molecule has 3 aromatic carbocycles. The minimum Gasteiger partial charge on any atom is -0.497 e. The molecule has 0 aliphatic carbocycles. The number of aliphatic hydroxyl groups is 1. The minimum absolute atomic E-state index is 0.193. The van der Waals surface area contributed by atoms with E-state index in [1.54, 1.807) is 21.1 Å². The summed E-state index contributed by atoms with van der Waals surface area (Å²) in [5, 5.41) is 11.1. The van der Waals surface area contributed by atoms with Gasteiger partial charge in [0, 0.05) is 12.2 Å². The Morgan fingerprint density at radius 1 is 0.875 bits per heavy atom. The van der Waals surface area contributed by atoms with Gasteiger partial charge in [-0.25, -0.2) is 4.79 Å². The second kappa shape index (κ2) is 11.2. The summed E-state index contributed by atoms with van der Waals surface area (Å²) >= 11 is 0. The number of carbonyl (C=O) groups excluding carboxylic acids is 1. The lowest BCUT2D eigenvalue weighted by atomic mass is 9.97. The molecule has 168 valence electrons. The molecule has 0 aliphatic rings. The highest BCUT2D eigenvalue weighted by Gasteiger charge is 2.34. The fourth-order valence-corrected chi connectivity index (χ4v) is 3.59. The van der Waals surface area contributed by atoms with Crippen molar-refractivity contribution >= 4 is 11.7 Å². The van der Waals surface area contributed by atoms with Gasteiger partial charge in [0.15, 0.2) is 6.10 Å². The number of hydrogen-bond donors (Lipinski definition) is 1. The molecule has 0 aromatic heterocycles. The quantitative estimate of drug-likeness (QED) is 0.477. The van der Waals surface area contributed by atoms with Crippen LogP contribution in [0.5, 0.6) is 11.5 Å². The lowest BCUT2D eigenvalue weighted by molar-refractivity contribution is -0.154. The van der Waals surface area contributed by atoms with Gasteiger partial charge in [-0.1, -0.05) is 42.5 Å². The molecule has 6 heteroatoms. The van der Waals surface area contributed by atoms with Gasteiger partial charge in [-0.3, -0.25) is 0 Å². The highest BCUT2D eigenvalue weighted by Crippen LogP contribution is 2.33. The summed E-state index contributed by atoms with van der Waals surface area (Å²) in [5.74, 6) is 0.825. The molecule has 0 saturated heterocycles. The summed E-state index contributed by atoms with van der Waals surface area (Å²) in [4.78, 5) is 14.6. The van der Waals surface area contributed by atoms with Crippen LogP contribution in [0.2, 0.25) is 0 Å². The van der Waals surface area contributed by atoms with E-state index in [0.717, 1.165) is 28.3 Å². The summed E-state index contributed by atoms with van der Waals surface area (Å²) in [6, 6.07) is 24.1. The van der Waals surface area contributed by atoms with Gasteiger partial charge in [0.25, 0.3) is 0 Å². The number of benzene rings is 3. The third kappa shape index (κ3) is 5.59. The Morgan fingerprint density at radius 3 is 1.97 bits per heavy atom. The number of rotatable bonds is 10. The molecule has 6 nitrogen and oxygen atoms in total. The van der Waals surface area contributed by atoms with Crippen molar-refractivity contribution in [1.82, 2.24) is 0 Å². The number of hydrogen-bond acceptors (Lipinski definition) is 6. The van der Waals surface area contributed by atoms with E-state index in [1.807, 2.05) is 83.8 Å². The number of methoxy groups -OCH3 is 2. The van der Waals surface area contributed by atoms with E-state index in [-0.39, 0.29) is 6.61 Å². The Kier molecular flexibility index (Phi) is 8.11. The molecule has 1 N–H and O–H groups in total. The molecular formula is C26H29NO5. The average molecular weight is 436 g/mol. The first kappa shape index (κ1) is 23.2. The third-order valence-electron chi connectivity index (χ3n) is 5.22. The zero-order valence-electron chi connectivity index (χ0n) is 18.6. The summed E-state index contributed by atoms with van der Waals surface area (Å²) < 4.78 is 15.7. The van der Waals surface area contributed by atoms with Crippen LogP contribution in [0.15, 0.2) is 78.9 Å². The van der Waals surface area contributed by atoms with Gasteiger partial charge in [-0.05, 0) is 54.4 Å². The molecule has 0 radical (unpaired) electrons. The van der Waals surface area contributed by atoms with E-state index in [1.165, 1.54) is 0 Å².